The molecule has 2 saturated carbocycles. The van der Waals surface area contributed by atoms with Gasteiger partial charge in [-0.3, -0.25) is 19.7 Å². The van der Waals surface area contributed by atoms with Gasteiger partial charge in [-0.25, -0.2) is 0 Å². The van der Waals surface area contributed by atoms with Gasteiger partial charge in [-0.1, -0.05) is 20.4 Å². The maximum absolute atomic E-state index is 12.0. The van der Waals surface area contributed by atoms with Gasteiger partial charge in [0.25, 0.3) is 0 Å². The Morgan fingerprint density at radius 2 is 2.00 bits per heavy atom. The first-order chi connectivity index (χ1) is 13.4. The summed E-state index contributed by atoms with van der Waals surface area (Å²) in [6.45, 7) is 9.71. The molecule has 0 aromatic heterocycles. The van der Waals surface area contributed by atoms with Crippen LogP contribution < -0.4 is 5.32 Å². The Morgan fingerprint density at radius 3 is 2.55 bits per heavy atom. The predicted molar refractivity (Wildman–Crippen MR) is 109 cm³/mol. The van der Waals surface area contributed by atoms with E-state index in [0.29, 0.717) is 12.8 Å². The average Bonchev–Trinajstić information content (AvgIpc) is 2.96. The molecule has 1 saturated heterocycles. The number of hydrogen-bond donors (Lipinski definition) is 2. The fraction of sp³-hybridized carbons (Fsp3) is 0.762. The SMILES string of the molecule is C=C1C(C[C@H](O)[C@H]2CC(=O)NC2=O)[C@H]2C[C@@H](Cl)[C@H](Cl)C(C)(C)[C@@H]2C[C@@H]1OC(C)=O. The molecule has 3 rings (SSSR count). The van der Waals surface area contributed by atoms with E-state index in [1.807, 2.05) is 0 Å². The third-order valence-electron chi connectivity index (χ3n) is 7.15. The van der Waals surface area contributed by atoms with E-state index in [1.165, 1.54) is 6.92 Å². The van der Waals surface area contributed by atoms with E-state index in [4.69, 9.17) is 27.9 Å². The van der Waals surface area contributed by atoms with Crippen molar-refractivity contribution >= 4 is 41.0 Å². The van der Waals surface area contributed by atoms with Crippen LogP contribution in [0.15, 0.2) is 12.2 Å². The molecule has 0 bridgehead atoms. The van der Waals surface area contributed by atoms with Crippen molar-refractivity contribution in [1.29, 1.82) is 0 Å². The number of alkyl halides is 2. The minimum atomic E-state index is -0.995. The first kappa shape index (κ1) is 22.6. The minimum absolute atomic E-state index is 0.0198. The molecule has 0 aromatic carbocycles. The second-order valence-corrected chi connectivity index (χ2v) is 10.3. The van der Waals surface area contributed by atoms with Crippen molar-refractivity contribution in [3.8, 4) is 0 Å². The van der Waals surface area contributed by atoms with Crippen molar-refractivity contribution in [3.05, 3.63) is 12.2 Å². The maximum atomic E-state index is 12.0. The molecule has 0 aromatic rings. The van der Waals surface area contributed by atoms with Gasteiger partial charge in [0.05, 0.1) is 22.8 Å². The van der Waals surface area contributed by atoms with Crippen LogP contribution in [0.4, 0.5) is 0 Å². The van der Waals surface area contributed by atoms with Crippen LogP contribution in [0.1, 0.15) is 46.5 Å². The van der Waals surface area contributed by atoms with Crippen molar-refractivity contribution in [2.75, 3.05) is 0 Å². The molecular formula is C21H29Cl2NO5. The van der Waals surface area contributed by atoms with Crippen LogP contribution in [-0.4, -0.2) is 45.9 Å². The number of amides is 2. The Labute approximate surface area is 181 Å². The molecule has 1 heterocycles. The van der Waals surface area contributed by atoms with Crippen LogP contribution in [0.5, 0.6) is 0 Å². The highest BCUT2D eigenvalue weighted by Gasteiger charge is 2.55. The molecule has 3 aliphatic rings. The normalized spacial score (nSPS) is 40.2. The van der Waals surface area contributed by atoms with Crippen LogP contribution in [0.2, 0.25) is 0 Å². The van der Waals surface area contributed by atoms with Crippen LogP contribution in [0.25, 0.3) is 0 Å². The number of hydrogen-bond acceptors (Lipinski definition) is 5. The lowest BCUT2D eigenvalue weighted by Gasteiger charge is -2.56. The van der Waals surface area contributed by atoms with Gasteiger partial charge in [0.15, 0.2) is 0 Å². The second-order valence-electron chi connectivity index (χ2n) is 9.29. The van der Waals surface area contributed by atoms with Gasteiger partial charge in [-0.05, 0) is 48.0 Å². The number of aliphatic hydroxyl groups excluding tert-OH is 1. The molecule has 1 aliphatic heterocycles. The number of esters is 1. The highest BCUT2D eigenvalue weighted by atomic mass is 35.5. The smallest absolute Gasteiger partial charge is 0.303 e. The molecule has 6 nitrogen and oxygen atoms in total. The van der Waals surface area contributed by atoms with Gasteiger partial charge in [0.1, 0.15) is 6.10 Å². The number of carbonyl (C=O) groups is 3. The summed E-state index contributed by atoms with van der Waals surface area (Å²) in [6.07, 6.45) is 0.0374. The molecule has 2 aliphatic carbocycles. The molecule has 29 heavy (non-hydrogen) atoms. The van der Waals surface area contributed by atoms with Crippen molar-refractivity contribution in [2.45, 2.75) is 69.4 Å². The van der Waals surface area contributed by atoms with Gasteiger partial charge in [0, 0.05) is 13.3 Å². The number of fused-ring (bicyclic) bond motifs is 1. The first-order valence-corrected chi connectivity index (χ1v) is 11.0. The summed E-state index contributed by atoms with van der Waals surface area (Å²) in [4.78, 5) is 35.2. The maximum Gasteiger partial charge on any atom is 0.303 e. The third kappa shape index (κ3) is 4.21. The van der Waals surface area contributed by atoms with Crippen molar-refractivity contribution in [1.82, 2.24) is 5.32 Å². The highest BCUT2D eigenvalue weighted by Crippen LogP contribution is 2.57. The Kier molecular flexibility index (Phi) is 6.38. The van der Waals surface area contributed by atoms with Gasteiger partial charge < -0.3 is 9.84 Å². The van der Waals surface area contributed by atoms with E-state index in [1.54, 1.807) is 0 Å². The summed E-state index contributed by atoms with van der Waals surface area (Å²) in [7, 11) is 0. The molecule has 8 atom stereocenters. The van der Waals surface area contributed by atoms with E-state index >= 15 is 0 Å². The zero-order chi connectivity index (χ0) is 21.7. The molecule has 0 spiro atoms. The lowest BCUT2D eigenvalue weighted by atomic mass is 9.53. The minimum Gasteiger partial charge on any atom is -0.458 e. The molecule has 2 amide bonds. The summed E-state index contributed by atoms with van der Waals surface area (Å²) < 4.78 is 5.55. The summed E-state index contributed by atoms with van der Waals surface area (Å²) in [5.41, 5.74) is 0.429. The van der Waals surface area contributed by atoms with Crippen LogP contribution in [-0.2, 0) is 19.1 Å². The average molecular weight is 446 g/mol. The Balaban J connectivity index is 1.89. The predicted octanol–water partition coefficient (Wildman–Crippen LogP) is 2.79. The lowest BCUT2D eigenvalue weighted by Crippen LogP contribution is -2.55. The van der Waals surface area contributed by atoms with E-state index in [2.05, 4.69) is 25.7 Å². The highest BCUT2D eigenvalue weighted by molar-refractivity contribution is 6.30. The zero-order valence-electron chi connectivity index (χ0n) is 17.0. The van der Waals surface area contributed by atoms with E-state index < -0.39 is 24.0 Å². The Bertz CT molecular complexity index is 724. The van der Waals surface area contributed by atoms with E-state index in [0.717, 1.165) is 5.57 Å². The molecule has 1 unspecified atom stereocenters. The second kappa shape index (κ2) is 8.20. The van der Waals surface area contributed by atoms with E-state index in [-0.39, 0.29) is 58.6 Å². The summed E-state index contributed by atoms with van der Waals surface area (Å²) in [5.74, 6) is -1.96. The van der Waals surface area contributed by atoms with Crippen LogP contribution >= 0.6 is 23.2 Å². The topological polar surface area (TPSA) is 92.7 Å². The summed E-state index contributed by atoms with van der Waals surface area (Å²) in [6, 6.07) is 0. The third-order valence-corrected chi connectivity index (χ3v) is 8.57. The quantitative estimate of drug-likeness (QED) is 0.300. The fourth-order valence-electron chi connectivity index (χ4n) is 5.54. The standard InChI is InChI=1S/C21H29Cl2NO5/c1-9-11(6-16(26)13-7-18(27)24-20(13)28)12-5-15(22)19(23)21(3,4)14(12)8-17(9)29-10(2)25/h11-17,19,26H,1,5-8H2,2-4H3,(H,24,27,28)/t11?,12-,13-,14-,15-,16+,17+,19+/m1/s1. The van der Waals surface area contributed by atoms with Gasteiger partial charge in [-0.15, -0.1) is 23.2 Å². The fourth-order valence-corrected chi connectivity index (χ4v) is 6.34. The molecule has 8 heteroatoms. The number of imide groups is 1. The monoisotopic (exact) mass is 445 g/mol. The Hall–Kier alpha value is -1.11. The number of halogens is 2. The van der Waals surface area contributed by atoms with Crippen molar-refractivity contribution < 1.29 is 24.2 Å². The molecule has 162 valence electrons. The van der Waals surface area contributed by atoms with Gasteiger partial charge in [-0.2, -0.15) is 0 Å². The zero-order valence-corrected chi connectivity index (χ0v) is 18.5. The number of rotatable bonds is 4. The van der Waals surface area contributed by atoms with Gasteiger partial charge in [0.2, 0.25) is 11.8 Å². The number of aliphatic hydroxyl groups is 1. The van der Waals surface area contributed by atoms with Crippen LogP contribution in [0.3, 0.4) is 0 Å². The van der Waals surface area contributed by atoms with Crippen LogP contribution in [0, 0.1) is 29.1 Å². The Morgan fingerprint density at radius 1 is 1.34 bits per heavy atom. The lowest BCUT2D eigenvalue weighted by molar-refractivity contribution is -0.149. The summed E-state index contributed by atoms with van der Waals surface area (Å²) in [5, 5.41) is 12.6. The number of carbonyl (C=O) groups excluding carboxylic acids is 3. The largest absolute Gasteiger partial charge is 0.458 e. The first-order valence-electron chi connectivity index (χ1n) is 10.1. The van der Waals surface area contributed by atoms with Crippen molar-refractivity contribution in [3.63, 3.8) is 0 Å². The molecular weight excluding hydrogens is 417 g/mol. The molecule has 2 N–H and O–H groups in total. The van der Waals surface area contributed by atoms with Gasteiger partial charge >= 0.3 is 5.97 Å². The van der Waals surface area contributed by atoms with Crippen molar-refractivity contribution in [2.24, 2.45) is 29.1 Å². The molecule has 3 fully saturated rings. The number of ether oxygens (including phenoxy) is 1. The van der Waals surface area contributed by atoms with E-state index in [9.17, 15) is 19.5 Å². The molecule has 0 radical (unpaired) electrons. The number of nitrogens with one attached hydrogen (secondary N) is 1. The summed E-state index contributed by atoms with van der Waals surface area (Å²) >= 11 is 13.3.